The smallest absolute Gasteiger partial charge is 0.411 e. The van der Waals surface area contributed by atoms with Crippen LogP contribution in [0.4, 0.5) is 10.5 Å². The molecule has 0 aliphatic carbocycles. The molecule has 1 heterocycles. The number of carbonyl (C=O) groups is 1. The molecule has 30 heavy (non-hydrogen) atoms. The van der Waals surface area contributed by atoms with Gasteiger partial charge in [0.15, 0.2) is 5.96 Å². The van der Waals surface area contributed by atoms with Gasteiger partial charge in [0.05, 0.1) is 13.7 Å². The molecule has 0 aromatic heterocycles. The monoisotopic (exact) mass is 410 g/mol. The lowest BCUT2D eigenvalue weighted by Gasteiger charge is -2.34. The van der Waals surface area contributed by atoms with Gasteiger partial charge in [-0.25, -0.2) is 9.79 Å². The minimum atomic E-state index is -0.477. The molecule has 2 N–H and O–H groups in total. The van der Waals surface area contributed by atoms with Gasteiger partial charge in [0.25, 0.3) is 0 Å². The average Bonchev–Trinajstić information content (AvgIpc) is 2.79. The van der Waals surface area contributed by atoms with Gasteiger partial charge in [-0.3, -0.25) is 5.32 Å². The van der Waals surface area contributed by atoms with Crippen molar-refractivity contribution in [2.45, 2.75) is 32.4 Å². The molecule has 0 unspecified atom stereocenters. The van der Waals surface area contributed by atoms with Crippen LogP contribution in [-0.2, 0) is 11.3 Å². The van der Waals surface area contributed by atoms with Crippen LogP contribution in [-0.4, -0.2) is 49.8 Å². The molecule has 2 aromatic carbocycles. The summed E-state index contributed by atoms with van der Waals surface area (Å²) in [4.78, 5) is 18.4. The fourth-order valence-corrected chi connectivity index (χ4v) is 3.33. The van der Waals surface area contributed by atoms with Crippen LogP contribution in [0.25, 0.3) is 0 Å². The lowest BCUT2D eigenvalue weighted by atomic mass is 10.1. The minimum Gasteiger partial charge on any atom is -0.490 e. The summed E-state index contributed by atoms with van der Waals surface area (Å²) >= 11 is 0. The largest absolute Gasteiger partial charge is 0.490 e. The van der Waals surface area contributed by atoms with Crippen molar-refractivity contribution in [3.05, 3.63) is 60.2 Å². The number of piperidine rings is 1. The van der Waals surface area contributed by atoms with Gasteiger partial charge in [0.1, 0.15) is 11.9 Å². The van der Waals surface area contributed by atoms with Gasteiger partial charge in [0, 0.05) is 38.2 Å². The highest BCUT2D eigenvalue weighted by Gasteiger charge is 2.22. The first-order valence-electron chi connectivity index (χ1n) is 10.4. The summed E-state index contributed by atoms with van der Waals surface area (Å²) in [5.41, 5.74) is 1.77. The number of likely N-dealkylation sites (tertiary alicyclic amines) is 1. The Morgan fingerprint density at radius 3 is 2.43 bits per heavy atom. The number of hydrogen-bond acceptors (Lipinski definition) is 4. The number of anilines is 1. The Hall–Kier alpha value is -3.22. The highest BCUT2D eigenvalue weighted by atomic mass is 16.5. The molecule has 0 spiro atoms. The van der Waals surface area contributed by atoms with Crippen LogP contribution in [0, 0.1) is 0 Å². The summed E-state index contributed by atoms with van der Waals surface area (Å²) in [6.07, 6.45) is 1.69. The first-order valence-corrected chi connectivity index (χ1v) is 10.4. The number of para-hydroxylation sites is 1. The standard InChI is InChI=1S/C23H30N4O3/c1-3-24-22(25-17-18-9-11-19(12-10-18)26-23(28)29-2)27-15-13-21(14-16-27)30-20-7-5-4-6-8-20/h4-12,21H,3,13-17H2,1-2H3,(H,24,25)(H,26,28). The summed E-state index contributed by atoms with van der Waals surface area (Å²) < 4.78 is 10.7. The highest BCUT2D eigenvalue weighted by molar-refractivity contribution is 5.84. The van der Waals surface area contributed by atoms with Crippen molar-refractivity contribution in [1.82, 2.24) is 10.2 Å². The summed E-state index contributed by atoms with van der Waals surface area (Å²) in [5, 5.41) is 6.04. The number of benzene rings is 2. The quantitative estimate of drug-likeness (QED) is 0.558. The van der Waals surface area contributed by atoms with Crippen molar-refractivity contribution in [2.24, 2.45) is 4.99 Å². The second kappa shape index (κ2) is 11.1. The van der Waals surface area contributed by atoms with Crippen molar-refractivity contribution in [2.75, 3.05) is 32.1 Å². The number of carbonyl (C=O) groups excluding carboxylic acids is 1. The molecule has 0 bridgehead atoms. The lowest BCUT2D eigenvalue weighted by Crippen LogP contribution is -2.47. The number of amides is 1. The Balaban J connectivity index is 1.54. The van der Waals surface area contributed by atoms with E-state index in [1.807, 2.05) is 54.6 Å². The normalized spacial score (nSPS) is 14.9. The molecule has 160 valence electrons. The second-order valence-electron chi connectivity index (χ2n) is 7.10. The molecule has 3 rings (SSSR count). The maximum Gasteiger partial charge on any atom is 0.411 e. The molecule has 1 fully saturated rings. The van der Waals surface area contributed by atoms with E-state index in [0.717, 1.165) is 49.7 Å². The van der Waals surface area contributed by atoms with Crippen molar-refractivity contribution in [3.63, 3.8) is 0 Å². The third-order valence-corrected chi connectivity index (χ3v) is 4.92. The number of nitrogens with one attached hydrogen (secondary N) is 2. The van der Waals surface area contributed by atoms with E-state index in [9.17, 15) is 4.79 Å². The molecule has 7 nitrogen and oxygen atoms in total. The molecule has 7 heteroatoms. The molecular formula is C23H30N4O3. The van der Waals surface area contributed by atoms with E-state index in [0.29, 0.717) is 12.2 Å². The zero-order chi connectivity index (χ0) is 21.2. The third-order valence-electron chi connectivity index (χ3n) is 4.92. The Labute approximate surface area is 178 Å². The summed E-state index contributed by atoms with van der Waals surface area (Å²) in [6, 6.07) is 17.6. The van der Waals surface area contributed by atoms with E-state index in [2.05, 4.69) is 27.2 Å². The molecular weight excluding hydrogens is 380 g/mol. The molecule has 1 aliphatic rings. The molecule has 0 saturated carbocycles. The van der Waals surface area contributed by atoms with E-state index >= 15 is 0 Å². The van der Waals surface area contributed by atoms with E-state index in [4.69, 9.17) is 9.73 Å². The van der Waals surface area contributed by atoms with E-state index < -0.39 is 6.09 Å². The van der Waals surface area contributed by atoms with Crippen LogP contribution in [0.5, 0.6) is 5.75 Å². The Morgan fingerprint density at radius 1 is 1.10 bits per heavy atom. The van der Waals surface area contributed by atoms with Gasteiger partial charge in [0.2, 0.25) is 0 Å². The van der Waals surface area contributed by atoms with Crippen LogP contribution in [0.2, 0.25) is 0 Å². The Kier molecular flexibility index (Phi) is 7.94. The number of nitrogens with zero attached hydrogens (tertiary/aromatic N) is 2. The minimum absolute atomic E-state index is 0.237. The van der Waals surface area contributed by atoms with Crippen LogP contribution >= 0.6 is 0 Å². The predicted octanol–water partition coefficient (Wildman–Crippen LogP) is 3.87. The van der Waals surface area contributed by atoms with Gasteiger partial charge in [-0.1, -0.05) is 30.3 Å². The zero-order valence-corrected chi connectivity index (χ0v) is 17.6. The van der Waals surface area contributed by atoms with E-state index in [1.54, 1.807) is 0 Å². The van der Waals surface area contributed by atoms with Gasteiger partial charge in [-0.05, 0) is 36.8 Å². The molecule has 1 amide bonds. The molecule has 0 radical (unpaired) electrons. The number of methoxy groups -OCH3 is 1. The zero-order valence-electron chi connectivity index (χ0n) is 17.6. The van der Waals surface area contributed by atoms with Crippen molar-refractivity contribution in [1.29, 1.82) is 0 Å². The molecule has 2 aromatic rings. The van der Waals surface area contributed by atoms with Crippen LogP contribution in [0.1, 0.15) is 25.3 Å². The average molecular weight is 411 g/mol. The second-order valence-corrected chi connectivity index (χ2v) is 7.10. The Bertz CT molecular complexity index is 816. The number of guanidine groups is 1. The van der Waals surface area contributed by atoms with Gasteiger partial charge in [-0.15, -0.1) is 0 Å². The lowest BCUT2D eigenvalue weighted by molar-refractivity contribution is 0.129. The van der Waals surface area contributed by atoms with Crippen molar-refractivity contribution in [3.8, 4) is 5.75 Å². The maximum absolute atomic E-state index is 11.3. The summed E-state index contributed by atoms with van der Waals surface area (Å²) in [5.74, 6) is 1.86. The highest BCUT2D eigenvalue weighted by Crippen LogP contribution is 2.19. The SMILES string of the molecule is CCNC(=NCc1ccc(NC(=O)OC)cc1)N1CCC(Oc2ccccc2)CC1. The molecule has 1 aliphatic heterocycles. The van der Waals surface area contributed by atoms with Crippen LogP contribution in [0.15, 0.2) is 59.6 Å². The number of aliphatic imine (C=N–C) groups is 1. The van der Waals surface area contributed by atoms with Crippen LogP contribution < -0.4 is 15.4 Å². The third kappa shape index (κ3) is 6.40. The van der Waals surface area contributed by atoms with Gasteiger partial charge in [-0.2, -0.15) is 0 Å². The number of hydrogen-bond donors (Lipinski definition) is 2. The molecule has 1 saturated heterocycles. The van der Waals surface area contributed by atoms with Gasteiger partial charge >= 0.3 is 6.09 Å². The molecule has 0 atom stereocenters. The van der Waals surface area contributed by atoms with Crippen molar-refractivity contribution < 1.29 is 14.3 Å². The predicted molar refractivity (Wildman–Crippen MR) is 119 cm³/mol. The first-order chi connectivity index (χ1) is 14.7. The summed E-state index contributed by atoms with van der Waals surface area (Å²) in [7, 11) is 1.34. The van der Waals surface area contributed by atoms with E-state index in [-0.39, 0.29) is 6.10 Å². The van der Waals surface area contributed by atoms with Crippen LogP contribution in [0.3, 0.4) is 0 Å². The fourth-order valence-electron chi connectivity index (χ4n) is 3.33. The maximum atomic E-state index is 11.3. The van der Waals surface area contributed by atoms with Gasteiger partial charge < -0.3 is 19.7 Å². The Morgan fingerprint density at radius 2 is 1.80 bits per heavy atom. The first kappa shape index (κ1) is 21.5. The number of rotatable bonds is 6. The van der Waals surface area contributed by atoms with Crippen molar-refractivity contribution >= 4 is 17.7 Å². The van der Waals surface area contributed by atoms with E-state index in [1.165, 1.54) is 7.11 Å². The summed E-state index contributed by atoms with van der Waals surface area (Å²) in [6.45, 7) is 5.28. The fraction of sp³-hybridized carbons (Fsp3) is 0.391. The topological polar surface area (TPSA) is 75.2 Å². The number of ether oxygens (including phenoxy) is 2.